The summed E-state index contributed by atoms with van der Waals surface area (Å²) in [7, 11) is 2.86. The lowest BCUT2D eigenvalue weighted by Gasteiger charge is -2.36. The van der Waals surface area contributed by atoms with Crippen molar-refractivity contribution in [1.29, 1.82) is 0 Å². The van der Waals surface area contributed by atoms with E-state index >= 15 is 0 Å². The third-order valence-corrected chi connectivity index (χ3v) is 8.60. The van der Waals surface area contributed by atoms with Crippen LogP contribution in [0.1, 0.15) is 82.7 Å². The average Bonchev–Trinajstić information content (AvgIpc) is 3.06. The van der Waals surface area contributed by atoms with Gasteiger partial charge in [-0.2, -0.15) is 0 Å². The maximum absolute atomic E-state index is 12.2. The molecule has 3 aromatic rings. The molecule has 0 N–H and O–H groups in total. The number of nitrogens with zero attached hydrogens (tertiary/aromatic N) is 1. The lowest BCUT2D eigenvalue weighted by molar-refractivity contribution is -0.140. The molecule has 228 valence electrons. The Labute approximate surface area is 255 Å². The Balaban J connectivity index is 1.29. The van der Waals surface area contributed by atoms with Gasteiger partial charge >= 0.3 is 11.9 Å². The Bertz CT molecular complexity index is 1400. The maximum atomic E-state index is 12.2. The summed E-state index contributed by atoms with van der Waals surface area (Å²) in [6.07, 6.45) is 8.14. The topological polar surface area (TPSA) is 74.3 Å². The maximum Gasteiger partial charge on any atom is 0.337 e. The van der Waals surface area contributed by atoms with Crippen LogP contribution in [0.15, 0.2) is 60.7 Å². The number of methoxy groups -OCH3 is 2. The fraction of sp³-hybridized carbons (Fsp3) is 0.444. The van der Waals surface area contributed by atoms with Gasteiger partial charge in [0.25, 0.3) is 0 Å². The second kappa shape index (κ2) is 15.1. The fourth-order valence-corrected chi connectivity index (χ4v) is 6.30. The summed E-state index contributed by atoms with van der Waals surface area (Å²) in [5.41, 5.74) is 6.70. The summed E-state index contributed by atoms with van der Waals surface area (Å²) in [5, 5.41) is 0. The van der Waals surface area contributed by atoms with E-state index in [1.54, 1.807) is 0 Å². The van der Waals surface area contributed by atoms with Gasteiger partial charge in [0, 0.05) is 19.0 Å². The van der Waals surface area contributed by atoms with Gasteiger partial charge in [0.2, 0.25) is 0 Å². The summed E-state index contributed by atoms with van der Waals surface area (Å²) in [4.78, 5) is 26.5. The normalized spacial score (nSPS) is 15.7. The molecular weight excluding hydrogens is 542 g/mol. The zero-order valence-electron chi connectivity index (χ0n) is 25.4. The van der Waals surface area contributed by atoms with E-state index in [2.05, 4.69) is 47.4 Å². The van der Waals surface area contributed by atoms with Crippen LogP contribution >= 0.6 is 0 Å². The van der Waals surface area contributed by atoms with E-state index in [4.69, 9.17) is 18.9 Å². The third kappa shape index (κ3) is 7.96. The number of unbranched alkanes of at least 4 members (excludes halogenated alkanes) is 1. The van der Waals surface area contributed by atoms with Gasteiger partial charge in [-0.15, -0.1) is 0 Å². The second-order valence-corrected chi connectivity index (χ2v) is 11.4. The van der Waals surface area contributed by atoms with Crippen LogP contribution in [0.4, 0.5) is 0 Å². The molecule has 0 saturated carbocycles. The van der Waals surface area contributed by atoms with Gasteiger partial charge in [0.15, 0.2) is 0 Å². The van der Waals surface area contributed by atoms with Crippen molar-refractivity contribution >= 4 is 11.9 Å². The van der Waals surface area contributed by atoms with E-state index in [0.717, 1.165) is 88.1 Å². The van der Waals surface area contributed by atoms with Gasteiger partial charge < -0.3 is 18.9 Å². The lowest BCUT2D eigenvalue weighted by atomic mass is 9.85. The van der Waals surface area contributed by atoms with Gasteiger partial charge in [-0.1, -0.05) is 30.3 Å². The quantitative estimate of drug-likeness (QED) is 0.164. The average molecular weight is 586 g/mol. The van der Waals surface area contributed by atoms with Crippen LogP contribution in [0.2, 0.25) is 0 Å². The smallest absolute Gasteiger partial charge is 0.337 e. The van der Waals surface area contributed by atoms with Crippen LogP contribution in [0.5, 0.6) is 11.5 Å². The molecule has 0 fully saturated rings. The largest absolute Gasteiger partial charge is 0.493 e. The van der Waals surface area contributed by atoms with Crippen LogP contribution in [-0.4, -0.2) is 50.8 Å². The molecule has 3 aromatic carbocycles. The number of carbonyl (C=O) groups is 2. The molecule has 5 rings (SSSR count). The first-order chi connectivity index (χ1) is 21.1. The van der Waals surface area contributed by atoms with Crippen LogP contribution in [0.3, 0.4) is 0 Å². The van der Waals surface area contributed by atoms with Gasteiger partial charge in [0.05, 0.1) is 26.4 Å². The Morgan fingerprint density at radius 1 is 0.907 bits per heavy atom. The first-order valence-electron chi connectivity index (χ1n) is 15.5. The predicted molar refractivity (Wildman–Crippen MR) is 166 cm³/mol. The zero-order valence-corrected chi connectivity index (χ0v) is 25.4. The molecular formula is C36H43NO6. The number of ether oxygens (including phenoxy) is 4. The first-order valence-corrected chi connectivity index (χ1v) is 15.5. The van der Waals surface area contributed by atoms with Crippen molar-refractivity contribution in [3.05, 3.63) is 94.0 Å². The van der Waals surface area contributed by atoms with Crippen molar-refractivity contribution in [1.82, 2.24) is 4.90 Å². The summed E-state index contributed by atoms with van der Waals surface area (Å²) in [5.74, 6) is 1.44. The Morgan fingerprint density at radius 3 is 2.63 bits per heavy atom. The second-order valence-electron chi connectivity index (χ2n) is 11.4. The highest BCUT2D eigenvalue weighted by Gasteiger charge is 2.27. The molecule has 2 aliphatic rings. The van der Waals surface area contributed by atoms with E-state index in [0.29, 0.717) is 18.6 Å². The molecule has 43 heavy (non-hydrogen) atoms. The molecule has 7 nitrogen and oxygen atoms in total. The summed E-state index contributed by atoms with van der Waals surface area (Å²) < 4.78 is 22.0. The van der Waals surface area contributed by atoms with Crippen molar-refractivity contribution in [3.8, 4) is 11.5 Å². The minimum Gasteiger partial charge on any atom is -0.493 e. The van der Waals surface area contributed by atoms with Crippen LogP contribution in [0.25, 0.3) is 0 Å². The molecule has 0 saturated heterocycles. The molecule has 1 unspecified atom stereocenters. The van der Waals surface area contributed by atoms with Gasteiger partial charge in [-0.05, 0) is 116 Å². The Morgan fingerprint density at radius 2 is 1.77 bits per heavy atom. The minimum absolute atomic E-state index is 0.164. The molecule has 0 radical (unpaired) electrons. The van der Waals surface area contributed by atoms with Crippen molar-refractivity contribution in [2.45, 2.75) is 70.4 Å². The van der Waals surface area contributed by atoms with Gasteiger partial charge in [-0.3, -0.25) is 9.69 Å². The van der Waals surface area contributed by atoms with Crippen molar-refractivity contribution in [2.24, 2.45) is 0 Å². The van der Waals surface area contributed by atoms with Crippen molar-refractivity contribution in [2.75, 3.05) is 33.9 Å². The highest BCUT2D eigenvalue weighted by molar-refractivity contribution is 5.89. The van der Waals surface area contributed by atoms with Crippen LogP contribution in [-0.2, 0) is 40.1 Å². The highest BCUT2D eigenvalue weighted by atomic mass is 16.5. The summed E-state index contributed by atoms with van der Waals surface area (Å²) in [6, 6.07) is 20.9. The molecule has 7 heteroatoms. The van der Waals surface area contributed by atoms with E-state index in [9.17, 15) is 9.59 Å². The number of hydrogen-bond acceptors (Lipinski definition) is 7. The summed E-state index contributed by atoms with van der Waals surface area (Å²) >= 11 is 0. The molecule has 1 aliphatic heterocycles. The molecule has 0 spiro atoms. The zero-order chi connectivity index (χ0) is 30.0. The SMILES string of the molecule is COC(=O)CCCCN(CCc1ccccc1OCc1ccc2c(c1)CCCO2)C1CCCc2cc(C(=O)OC)ccc21. The number of rotatable bonds is 13. The fourth-order valence-electron chi connectivity index (χ4n) is 6.30. The molecule has 1 heterocycles. The third-order valence-electron chi connectivity index (χ3n) is 8.60. The number of esters is 2. The predicted octanol–water partition coefficient (Wildman–Crippen LogP) is 6.64. The van der Waals surface area contributed by atoms with Gasteiger partial charge in [-0.25, -0.2) is 4.79 Å². The van der Waals surface area contributed by atoms with Gasteiger partial charge in [0.1, 0.15) is 18.1 Å². The number of fused-ring (bicyclic) bond motifs is 2. The minimum atomic E-state index is -0.301. The lowest BCUT2D eigenvalue weighted by Crippen LogP contribution is -2.34. The molecule has 1 atom stereocenters. The molecule has 0 aromatic heterocycles. The van der Waals surface area contributed by atoms with Crippen molar-refractivity contribution in [3.63, 3.8) is 0 Å². The number of para-hydroxylation sites is 1. The summed E-state index contributed by atoms with van der Waals surface area (Å²) in [6.45, 7) is 3.04. The Hall–Kier alpha value is -3.84. The molecule has 0 amide bonds. The van der Waals surface area contributed by atoms with Crippen molar-refractivity contribution < 1.29 is 28.5 Å². The first kappa shape index (κ1) is 30.6. The van der Waals surface area contributed by atoms with Crippen LogP contribution < -0.4 is 9.47 Å². The molecule has 1 aliphatic carbocycles. The standard InChI is InChI=1S/C36H43NO6/c1-40-35(38)14-5-6-20-37(32-12-7-10-28-24-30(36(39)41-2)16-17-31(28)32)21-19-27-9-3-4-13-33(27)43-25-26-15-18-34-29(23-26)11-8-22-42-34/h3-4,9,13,15-18,23-24,32H,5-8,10-12,14,19-22,25H2,1-2H3. The Kier molecular flexibility index (Phi) is 10.7. The van der Waals surface area contributed by atoms with Crippen LogP contribution in [0, 0.1) is 0 Å². The number of aryl methyl sites for hydroxylation is 2. The highest BCUT2D eigenvalue weighted by Crippen LogP contribution is 2.36. The van der Waals surface area contributed by atoms with E-state index in [1.807, 2.05) is 18.2 Å². The molecule has 0 bridgehead atoms. The number of hydrogen-bond donors (Lipinski definition) is 0. The van der Waals surface area contributed by atoms with E-state index in [-0.39, 0.29) is 18.0 Å². The van der Waals surface area contributed by atoms with E-state index in [1.165, 1.54) is 36.5 Å². The van der Waals surface area contributed by atoms with E-state index < -0.39 is 0 Å². The number of benzene rings is 3. The monoisotopic (exact) mass is 585 g/mol. The number of carbonyl (C=O) groups excluding carboxylic acids is 2.